The van der Waals surface area contributed by atoms with Gasteiger partial charge in [0.1, 0.15) is 0 Å². The van der Waals surface area contributed by atoms with Crippen LogP contribution in [0.4, 0.5) is 0 Å². The minimum atomic E-state index is -0.0502. The molecule has 0 bridgehead atoms. The Labute approximate surface area is 205 Å². The third-order valence-corrected chi connectivity index (χ3v) is 7.03. The van der Waals surface area contributed by atoms with Crippen LogP contribution in [0.15, 0.2) is 58.2 Å². The van der Waals surface area contributed by atoms with Crippen molar-refractivity contribution in [1.29, 1.82) is 0 Å². The molecule has 0 radical (unpaired) electrons. The molecule has 1 aliphatic rings. The summed E-state index contributed by atoms with van der Waals surface area (Å²) in [4.78, 5) is 12.4. The molecule has 0 saturated heterocycles. The van der Waals surface area contributed by atoms with Crippen LogP contribution in [0.25, 0.3) is 0 Å². The minimum absolute atomic E-state index is 0.00169. The Hall–Kier alpha value is -1.83. The lowest BCUT2D eigenvalue weighted by molar-refractivity contribution is -0.143. The van der Waals surface area contributed by atoms with Gasteiger partial charge in [-0.15, -0.1) is 0 Å². The predicted molar refractivity (Wildman–Crippen MR) is 144 cm³/mol. The fourth-order valence-electron chi connectivity index (χ4n) is 4.70. The second-order valence-corrected chi connectivity index (χ2v) is 10.9. The highest BCUT2D eigenvalue weighted by Crippen LogP contribution is 2.63. The number of rotatable bonds is 14. The molecule has 2 nitrogen and oxygen atoms in total. The monoisotopic (exact) mass is 454 g/mol. The van der Waals surface area contributed by atoms with E-state index in [4.69, 9.17) is 4.74 Å². The summed E-state index contributed by atoms with van der Waals surface area (Å²) in [5.41, 5.74) is 7.09. The molecular weight excluding hydrogens is 404 g/mol. The lowest BCUT2D eigenvalue weighted by Gasteiger charge is -2.10. The molecule has 0 aromatic heterocycles. The van der Waals surface area contributed by atoms with Crippen LogP contribution in [0.1, 0.15) is 107 Å². The highest BCUT2D eigenvalue weighted by Gasteiger charge is 2.63. The van der Waals surface area contributed by atoms with Crippen molar-refractivity contribution < 1.29 is 9.53 Å². The molecule has 1 saturated carbocycles. The molecule has 2 heteroatoms. The van der Waals surface area contributed by atoms with Gasteiger partial charge in [-0.25, -0.2) is 0 Å². The zero-order chi connectivity index (χ0) is 25.0. The molecule has 0 aromatic rings. The van der Waals surface area contributed by atoms with Crippen LogP contribution >= 0.6 is 0 Å². The normalized spacial score (nSPS) is 23.2. The molecule has 33 heavy (non-hydrogen) atoms. The molecule has 0 unspecified atom stereocenters. The summed E-state index contributed by atoms with van der Waals surface area (Å²) in [6, 6.07) is 0. The van der Waals surface area contributed by atoms with E-state index in [1.54, 1.807) is 0 Å². The largest absolute Gasteiger partial charge is 0.469 e. The van der Waals surface area contributed by atoms with Gasteiger partial charge in [-0.3, -0.25) is 4.79 Å². The Morgan fingerprint density at radius 3 is 1.67 bits per heavy atom. The van der Waals surface area contributed by atoms with Crippen LogP contribution in [0.5, 0.6) is 0 Å². The molecule has 0 amide bonds. The number of allylic oxidation sites excluding steroid dienone is 10. The van der Waals surface area contributed by atoms with Gasteiger partial charge in [-0.1, -0.05) is 65.2 Å². The zero-order valence-electron chi connectivity index (χ0n) is 23.0. The van der Waals surface area contributed by atoms with Gasteiger partial charge in [0.2, 0.25) is 0 Å². The zero-order valence-corrected chi connectivity index (χ0v) is 23.0. The summed E-state index contributed by atoms with van der Waals surface area (Å²) in [6.45, 7) is 17.6. The Kier molecular flexibility index (Phi) is 12.8. The maximum atomic E-state index is 12.4. The van der Waals surface area contributed by atoms with Crippen molar-refractivity contribution in [1.82, 2.24) is 0 Å². The molecule has 1 rings (SSSR count). The maximum absolute atomic E-state index is 12.4. The van der Waals surface area contributed by atoms with E-state index < -0.39 is 0 Å². The Bertz CT molecular complexity index is 782. The number of esters is 1. The van der Waals surface area contributed by atoms with Crippen molar-refractivity contribution in [2.45, 2.75) is 107 Å². The van der Waals surface area contributed by atoms with Gasteiger partial charge < -0.3 is 4.74 Å². The highest BCUT2D eigenvalue weighted by atomic mass is 16.5. The predicted octanol–water partition coefficient (Wildman–Crippen LogP) is 9.30. The van der Waals surface area contributed by atoms with Gasteiger partial charge in [-0.2, -0.15) is 0 Å². The van der Waals surface area contributed by atoms with E-state index in [0.29, 0.717) is 5.92 Å². The lowest BCUT2D eigenvalue weighted by Crippen LogP contribution is -2.09. The highest BCUT2D eigenvalue weighted by molar-refractivity contribution is 5.78. The minimum Gasteiger partial charge on any atom is -0.469 e. The van der Waals surface area contributed by atoms with E-state index in [9.17, 15) is 4.79 Å². The molecule has 0 aromatic carbocycles. The van der Waals surface area contributed by atoms with Gasteiger partial charge in [0.05, 0.1) is 13.0 Å². The molecule has 186 valence electrons. The van der Waals surface area contributed by atoms with Gasteiger partial charge in [-0.05, 0) is 111 Å². The van der Waals surface area contributed by atoms with E-state index >= 15 is 0 Å². The summed E-state index contributed by atoms with van der Waals surface area (Å²) in [5, 5.41) is 0. The van der Waals surface area contributed by atoms with Crippen molar-refractivity contribution in [3.63, 3.8) is 0 Å². The Morgan fingerprint density at radius 2 is 1.18 bits per heavy atom. The summed E-state index contributed by atoms with van der Waals surface area (Å²) in [6.07, 6.45) is 20.4. The van der Waals surface area contributed by atoms with Crippen LogP contribution in [0.2, 0.25) is 0 Å². The molecule has 0 heterocycles. The first-order valence-corrected chi connectivity index (χ1v) is 12.8. The molecule has 0 spiro atoms. The van der Waals surface area contributed by atoms with Gasteiger partial charge >= 0.3 is 5.97 Å². The van der Waals surface area contributed by atoms with Crippen molar-refractivity contribution in [3.05, 3.63) is 58.2 Å². The van der Waals surface area contributed by atoms with E-state index in [0.717, 1.165) is 51.4 Å². The first-order valence-electron chi connectivity index (χ1n) is 12.8. The summed E-state index contributed by atoms with van der Waals surface area (Å²) in [5.74, 6) is 0.246. The number of hydrogen-bond donors (Lipinski definition) is 0. The van der Waals surface area contributed by atoms with Gasteiger partial charge in [0.25, 0.3) is 0 Å². The third kappa shape index (κ3) is 10.8. The quantitative estimate of drug-likeness (QED) is 0.193. The summed E-state index contributed by atoms with van der Waals surface area (Å²) >= 11 is 0. The SMILES string of the molecule is COC(=O)[C@@H]1[C@@H](/C=C(\C)CC/C=C(\C)CCC=C(C)C)[C@@]1(C)CC/C=C(\C)CCC=C(C)C. The van der Waals surface area contributed by atoms with Crippen LogP contribution in [-0.4, -0.2) is 13.1 Å². The Morgan fingerprint density at radius 1 is 0.727 bits per heavy atom. The van der Waals surface area contributed by atoms with Crippen molar-refractivity contribution in [3.8, 4) is 0 Å². The van der Waals surface area contributed by atoms with Crippen molar-refractivity contribution in [2.75, 3.05) is 7.11 Å². The topological polar surface area (TPSA) is 26.3 Å². The van der Waals surface area contributed by atoms with E-state index in [-0.39, 0.29) is 17.3 Å². The molecule has 0 N–H and O–H groups in total. The number of carbonyl (C=O) groups is 1. The van der Waals surface area contributed by atoms with E-state index in [1.165, 1.54) is 35.0 Å². The van der Waals surface area contributed by atoms with Gasteiger partial charge in [0, 0.05) is 0 Å². The summed E-state index contributed by atoms with van der Waals surface area (Å²) in [7, 11) is 1.52. The summed E-state index contributed by atoms with van der Waals surface area (Å²) < 4.78 is 5.15. The number of methoxy groups -OCH3 is 1. The van der Waals surface area contributed by atoms with Crippen LogP contribution in [0.3, 0.4) is 0 Å². The van der Waals surface area contributed by atoms with Crippen molar-refractivity contribution in [2.24, 2.45) is 17.3 Å². The molecule has 0 aliphatic heterocycles. The Balaban J connectivity index is 2.65. The molecule has 3 atom stereocenters. The number of ether oxygens (including phenoxy) is 1. The maximum Gasteiger partial charge on any atom is 0.309 e. The van der Waals surface area contributed by atoms with Gasteiger partial charge in [0.15, 0.2) is 0 Å². The number of hydrogen-bond acceptors (Lipinski definition) is 2. The second-order valence-electron chi connectivity index (χ2n) is 10.9. The van der Waals surface area contributed by atoms with Crippen molar-refractivity contribution >= 4 is 5.97 Å². The van der Waals surface area contributed by atoms with Crippen LogP contribution in [-0.2, 0) is 9.53 Å². The van der Waals surface area contributed by atoms with Crippen LogP contribution in [0, 0.1) is 17.3 Å². The van der Waals surface area contributed by atoms with Crippen LogP contribution < -0.4 is 0 Å². The average Bonchev–Trinajstić information content (AvgIpc) is 3.29. The molecule has 1 aliphatic carbocycles. The lowest BCUT2D eigenvalue weighted by atomic mass is 9.95. The standard InChI is InChI=1S/C31H50O2/c1-23(2)14-10-16-25(5)18-12-19-27(7)22-28-29(30(32)33-9)31(28,8)21-13-20-26(6)17-11-15-24(3)4/h14-15,18,20,22,28-29H,10-13,16-17,19,21H2,1-9H3/b25-18+,26-20+,27-22+/t28-,29+,31-/m1/s1. The molecular formula is C31H50O2. The average molecular weight is 455 g/mol. The van der Waals surface area contributed by atoms with E-state index in [2.05, 4.69) is 85.8 Å². The fourth-order valence-corrected chi connectivity index (χ4v) is 4.70. The smallest absolute Gasteiger partial charge is 0.309 e. The molecule has 1 fully saturated rings. The second kappa shape index (κ2) is 14.4. The fraction of sp³-hybridized carbons (Fsp3) is 0.645. The number of carbonyl (C=O) groups excluding carboxylic acids is 1. The third-order valence-electron chi connectivity index (χ3n) is 7.03. The van der Waals surface area contributed by atoms with E-state index in [1.807, 2.05) is 0 Å². The first-order chi connectivity index (χ1) is 15.5. The first kappa shape index (κ1) is 29.2.